The van der Waals surface area contributed by atoms with Crippen LogP contribution in [0.25, 0.3) is 0 Å². The van der Waals surface area contributed by atoms with Crippen molar-refractivity contribution in [1.82, 2.24) is 0 Å². The molecule has 0 bridgehead atoms. The first-order chi connectivity index (χ1) is 16.0. The van der Waals surface area contributed by atoms with E-state index < -0.39 is 47.2 Å². The molecule has 196 valence electrons. The van der Waals surface area contributed by atoms with Crippen LogP contribution in [0.5, 0.6) is 0 Å². The molecule has 12 nitrogen and oxygen atoms in total. The molecule has 0 N–H and O–H groups in total. The van der Waals surface area contributed by atoms with Crippen LogP contribution in [0, 0.1) is 0 Å². The van der Waals surface area contributed by atoms with Crippen LogP contribution in [-0.4, -0.2) is 100 Å². The summed E-state index contributed by atoms with van der Waals surface area (Å²) in [5.74, 6) is 0. The lowest BCUT2D eigenvalue weighted by atomic mass is 10.9. The minimum Gasteiger partial charge on any atom is -0.372 e. The number of rotatable bonds is 24. The lowest BCUT2D eigenvalue weighted by molar-refractivity contribution is 0.0152. The Morgan fingerprint density at radius 1 is 0.333 bits per heavy atom. The van der Waals surface area contributed by atoms with E-state index in [2.05, 4.69) is 0 Å². The Labute approximate surface area is 207 Å². The molecule has 0 aromatic carbocycles. The van der Waals surface area contributed by atoms with Crippen molar-refractivity contribution in [2.75, 3.05) is 52.9 Å². The Morgan fingerprint density at radius 3 is 0.606 bits per heavy atom. The maximum atomic E-state index is 6.21. The highest BCUT2D eigenvalue weighted by Crippen LogP contribution is 2.21. The molecule has 0 aliphatic heterocycles. The molecular formula is C16H40O12Si5. The van der Waals surface area contributed by atoms with Gasteiger partial charge in [0.05, 0.1) is 0 Å². The lowest BCUT2D eigenvalue weighted by Gasteiger charge is -2.34. The molecule has 0 aliphatic rings. The molecule has 33 heavy (non-hydrogen) atoms. The zero-order valence-corrected chi connectivity index (χ0v) is 26.1. The van der Waals surface area contributed by atoms with Crippen molar-refractivity contribution >= 4 is 47.2 Å². The van der Waals surface area contributed by atoms with Gasteiger partial charge in [0.15, 0.2) is 0 Å². The summed E-state index contributed by atoms with van der Waals surface area (Å²) in [6.07, 6.45) is 0. The van der Waals surface area contributed by atoms with Crippen LogP contribution in [0.2, 0.25) is 0 Å². The summed E-state index contributed by atoms with van der Waals surface area (Å²) >= 11 is 0. The zero-order chi connectivity index (χ0) is 25.0. The van der Waals surface area contributed by atoms with Gasteiger partial charge in [-0.3, -0.25) is 0 Å². The van der Waals surface area contributed by atoms with Gasteiger partial charge in [0, 0.05) is 52.9 Å². The molecule has 0 saturated heterocycles. The summed E-state index contributed by atoms with van der Waals surface area (Å²) in [4.78, 5) is 0. The van der Waals surface area contributed by atoms with Crippen LogP contribution in [0.15, 0.2) is 0 Å². The van der Waals surface area contributed by atoms with Crippen LogP contribution < -0.4 is 0 Å². The molecule has 0 saturated carbocycles. The van der Waals surface area contributed by atoms with Gasteiger partial charge < -0.3 is 51.9 Å². The van der Waals surface area contributed by atoms with Gasteiger partial charge in [-0.1, -0.05) is 0 Å². The van der Waals surface area contributed by atoms with E-state index in [1.807, 2.05) is 55.4 Å². The summed E-state index contributed by atoms with van der Waals surface area (Å²) in [6.45, 7) is 17.5. The Balaban J connectivity index is 6.26. The molecule has 0 unspecified atom stereocenters. The van der Waals surface area contributed by atoms with Gasteiger partial charge in [-0.15, -0.1) is 0 Å². The average molecular weight is 565 g/mol. The van der Waals surface area contributed by atoms with E-state index in [4.69, 9.17) is 51.9 Å². The van der Waals surface area contributed by atoms with Gasteiger partial charge in [0.2, 0.25) is 0 Å². The first-order valence-corrected chi connectivity index (χ1v) is 17.8. The molecule has 17 heteroatoms. The molecule has 0 rings (SSSR count). The molecule has 0 aliphatic carbocycles. The molecule has 0 aromatic rings. The maximum Gasteiger partial charge on any atom is 0.649 e. The third kappa shape index (κ3) is 15.3. The highest BCUT2D eigenvalue weighted by atomic mass is 28.5. The van der Waals surface area contributed by atoms with E-state index in [1.54, 1.807) is 0 Å². The van der Waals surface area contributed by atoms with Crippen molar-refractivity contribution in [1.29, 1.82) is 0 Å². The second kappa shape index (κ2) is 21.9. The van der Waals surface area contributed by atoms with Gasteiger partial charge in [-0.05, 0) is 55.4 Å². The van der Waals surface area contributed by atoms with E-state index >= 15 is 0 Å². The number of hydrogen-bond donors (Lipinski definition) is 0. The first-order valence-electron chi connectivity index (χ1n) is 11.2. The quantitative estimate of drug-likeness (QED) is 0.159. The average Bonchev–Trinajstić information content (AvgIpc) is 2.75. The van der Waals surface area contributed by atoms with Crippen molar-refractivity contribution in [2.24, 2.45) is 0 Å². The van der Waals surface area contributed by atoms with Crippen LogP contribution in [-0.2, 0) is 51.9 Å². The molecule has 0 amide bonds. The monoisotopic (exact) mass is 564 g/mol. The topological polar surface area (TPSA) is 111 Å². The van der Waals surface area contributed by atoms with E-state index in [0.29, 0.717) is 52.9 Å². The van der Waals surface area contributed by atoms with Crippen molar-refractivity contribution < 1.29 is 51.9 Å². The van der Waals surface area contributed by atoms with Crippen LogP contribution in [0.1, 0.15) is 55.4 Å². The van der Waals surface area contributed by atoms with Gasteiger partial charge in [0.25, 0.3) is 0 Å². The van der Waals surface area contributed by atoms with Gasteiger partial charge in [0.1, 0.15) is 0 Å². The highest BCUT2D eigenvalue weighted by molar-refractivity contribution is 6.75. The van der Waals surface area contributed by atoms with Crippen LogP contribution in [0.4, 0.5) is 0 Å². The first kappa shape index (κ1) is 33.6. The van der Waals surface area contributed by atoms with Gasteiger partial charge in [-0.25, -0.2) is 0 Å². The van der Waals surface area contributed by atoms with Crippen molar-refractivity contribution in [3.63, 3.8) is 0 Å². The predicted molar refractivity (Wildman–Crippen MR) is 126 cm³/mol. The SMILES string of the molecule is CCO[Si](OCC)O[Si](O[Si](OCC)OCC)(O[Si](OCC)OCC)O[Si](OCC)OCC. The highest BCUT2D eigenvalue weighted by Gasteiger charge is 2.58. The lowest BCUT2D eigenvalue weighted by Crippen LogP contribution is -2.63. The summed E-state index contributed by atoms with van der Waals surface area (Å²) in [5.41, 5.74) is 0. The minimum absolute atomic E-state index is 0.358. The van der Waals surface area contributed by atoms with E-state index in [0.717, 1.165) is 0 Å². The van der Waals surface area contributed by atoms with Crippen LogP contribution >= 0.6 is 0 Å². The molecule has 0 aromatic heterocycles. The third-order valence-corrected chi connectivity index (χ3v) is 13.8. The number of hydrogen-bond acceptors (Lipinski definition) is 12. The minimum atomic E-state index is -4.16. The standard InChI is InChI=1S/C16H40O12Si5/c1-9-17-29(18-10-2)25-33(26-30(19-11-3)20-12-4,27-31(21-13-5)22-14-6)28-32(23-15-7)24-16-8/h9-16H2,1-8H3. The zero-order valence-electron chi connectivity index (χ0n) is 21.1. The molecular weight excluding hydrogens is 525 g/mol. The summed E-state index contributed by atoms with van der Waals surface area (Å²) < 4.78 is 70.3. The summed E-state index contributed by atoms with van der Waals surface area (Å²) in [5, 5.41) is 0. The fraction of sp³-hybridized carbons (Fsp3) is 1.00. The van der Waals surface area contributed by atoms with Gasteiger partial charge in [-0.2, -0.15) is 0 Å². The molecule has 4 radical (unpaired) electrons. The third-order valence-electron chi connectivity index (χ3n) is 2.93. The second-order valence-electron chi connectivity index (χ2n) is 5.37. The molecule has 0 atom stereocenters. The van der Waals surface area contributed by atoms with E-state index in [9.17, 15) is 0 Å². The Kier molecular flexibility index (Phi) is 22.3. The van der Waals surface area contributed by atoms with Crippen molar-refractivity contribution in [3.05, 3.63) is 0 Å². The van der Waals surface area contributed by atoms with Crippen molar-refractivity contribution in [3.8, 4) is 0 Å². The Hall–Kier alpha value is 0.604. The fourth-order valence-corrected chi connectivity index (χ4v) is 12.5. The van der Waals surface area contributed by atoms with Gasteiger partial charge >= 0.3 is 47.2 Å². The Bertz CT molecular complexity index is 343. The van der Waals surface area contributed by atoms with E-state index in [-0.39, 0.29) is 0 Å². The predicted octanol–water partition coefficient (Wildman–Crippen LogP) is 1.72. The molecule has 0 spiro atoms. The fourth-order valence-electron chi connectivity index (χ4n) is 1.88. The second-order valence-corrected chi connectivity index (χ2v) is 13.9. The normalized spacial score (nSPS) is 12.7. The Morgan fingerprint density at radius 2 is 0.485 bits per heavy atom. The smallest absolute Gasteiger partial charge is 0.372 e. The largest absolute Gasteiger partial charge is 0.649 e. The molecule has 0 heterocycles. The summed E-state index contributed by atoms with van der Waals surface area (Å²) in [7, 11) is -13.5. The maximum absolute atomic E-state index is 6.21. The van der Waals surface area contributed by atoms with E-state index in [1.165, 1.54) is 0 Å². The van der Waals surface area contributed by atoms with Crippen LogP contribution in [0.3, 0.4) is 0 Å². The van der Waals surface area contributed by atoms with Crippen molar-refractivity contribution in [2.45, 2.75) is 55.4 Å². The molecule has 0 fully saturated rings. The summed E-state index contributed by atoms with van der Waals surface area (Å²) in [6, 6.07) is 0.